The van der Waals surface area contributed by atoms with Gasteiger partial charge in [0.15, 0.2) is 5.78 Å². The number of aryl methyl sites for hydroxylation is 1. The van der Waals surface area contributed by atoms with Crippen molar-refractivity contribution < 1.29 is 14.3 Å². The molecule has 1 saturated heterocycles. The number of benzene rings is 1. The smallest absolute Gasteiger partial charge is 0.163 e. The van der Waals surface area contributed by atoms with Crippen LogP contribution < -0.4 is 4.74 Å². The Morgan fingerprint density at radius 3 is 3.15 bits per heavy atom. The first-order chi connectivity index (χ1) is 9.76. The number of likely N-dealkylation sites (N-methyl/N-ethyl adjacent to an activating group) is 1. The van der Waals surface area contributed by atoms with E-state index in [1.54, 1.807) is 0 Å². The van der Waals surface area contributed by atoms with E-state index in [9.17, 15) is 4.79 Å². The van der Waals surface area contributed by atoms with Crippen LogP contribution in [0.15, 0.2) is 18.2 Å². The minimum Gasteiger partial charge on any atom is -0.491 e. The Bertz CT molecular complexity index is 500. The minimum atomic E-state index is 0.138. The summed E-state index contributed by atoms with van der Waals surface area (Å²) in [5.41, 5.74) is 1.98. The van der Waals surface area contributed by atoms with E-state index in [0.29, 0.717) is 13.0 Å². The molecule has 108 valence electrons. The fourth-order valence-electron chi connectivity index (χ4n) is 2.88. The van der Waals surface area contributed by atoms with E-state index in [4.69, 9.17) is 9.47 Å². The molecule has 4 heteroatoms. The second-order valence-corrected chi connectivity index (χ2v) is 5.44. The first kappa shape index (κ1) is 13.6. The van der Waals surface area contributed by atoms with Crippen LogP contribution in [0.1, 0.15) is 29.3 Å². The van der Waals surface area contributed by atoms with Crippen molar-refractivity contribution in [1.82, 2.24) is 4.90 Å². The number of morpholine rings is 1. The van der Waals surface area contributed by atoms with Crippen molar-refractivity contribution in [1.29, 1.82) is 0 Å². The number of carbonyl (C=O) groups is 1. The molecule has 3 rings (SSSR count). The van der Waals surface area contributed by atoms with E-state index in [1.807, 2.05) is 18.2 Å². The Labute approximate surface area is 119 Å². The third kappa shape index (κ3) is 2.86. The Hall–Kier alpha value is -1.39. The van der Waals surface area contributed by atoms with Gasteiger partial charge in [0.2, 0.25) is 0 Å². The quantitative estimate of drug-likeness (QED) is 0.841. The van der Waals surface area contributed by atoms with Gasteiger partial charge in [-0.2, -0.15) is 0 Å². The zero-order valence-corrected chi connectivity index (χ0v) is 11.9. The fraction of sp³-hybridized carbons (Fsp3) is 0.562. The van der Waals surface area contributed by atoms with Gasteiger partial charge in [-0.1, -0.05) is 6.92 Å². The molecule has 1 unspecified atom stereocenters. The molecular weight excluding hydrogens is 254 g/mol. The second-order valence-electron chi connectivity index (χ2n) is 5.44. The summed E-state index contributed by atoms with van der Waals surface area (Å²) in [4.78, 5) is 14.0. The maximum atomic E-state index is 11.6. The average molecular weight is 275 g/mol. The monoisotopic (exact) mass is 275 g/mol. The van der Waals surface area contributed by atoms with Crippen molar-refractivity contribution in [2.24, 2.45) is 0 Å². The van der Waals surface area contributed by atoms with Crippen LogP contribution in [0.5, 0.6) is 5.75 Å². The van der Waals surface area contributed by atoms with Crippen LogP contribution in [-0.4, -0.2) is 49.6 Å². The standard InChI is InChI=1S/C16H21NO3/c1-2-17-7-8-19-14(10-17)11-20-13-4-5-15-12(9-13)3-6-16(15)18/h4-5,9,14H,2-3,6-8,10-11H2,1H3. The van der Waals surface area contributed by atoms with E-state index in [2.05, 4.69) is 11.8 Å². The normalized spacial score (nSPS) is 22.9. The van der Waals surface area contributed by atoms with E-state index < -0.39 is 0 Å². The second kappa shape index (κ2) is 5.94. The van der Waals surface area contributed by atoms with Crippen molar-refractivity contribution in [3.63, 3.8) is 0 Å². The van der Waals surface area contributed by atoms with Gasteiger partial charge in [-0.15, -0.1) is 0 Å². The number of fused-ring (bicyclic) bond motifs is 1. The van der Waals surface area contributed by atoms with Crippen LogP contribution in [0.2, 0.25) is 0 Å². The van der Waals surface area contributed by atoms with E-state index in [1.165, 1.54) is 0 Å². The fourth-order valence-corrected chi connectivity index (χ4v) is 2.88. The number of hydrogen-bond donors (Lipinski definition) is 0. The molecule has 1 aliphatic heterocycles. The molecule has 4 nitrogen and oxygen atoms in total. The van der Waals surface area contributed by atoms with Crippen LogP contribution in [-0.2, 0) is 11.2 Å². The molecule has 1 aromatic carbocycles. The lowest BCUT2D eigenvalue weighted by Gasteiger charge is -2.31. The predicted molar refractivity (Wildman–Crippen MR) is 76.4 cm³/mol. The maximum Gasteiger partial charge on any atom is 0.163 e. The molecule has 0 N–H and O–H groups in total. The predicted octanol–water partition coefficient (Wildman–Crippen LogP) is 1.91. The van der Waals surface area contributed by atoms with Gasteiger partial charge in [-0.05, 0) is 36.7 Å². The lowest BCUT2D eigenvalue weighted by molar-refractivity contribution is -0.0464. The van der Waals surface area contributed by atoms with E-state index in [0.717, 1.165) is 49.5 Å². The van der Waals surface area contributed by atoms with Crippen LogP contribution in [0, 0.1) is 0 Å². The molecule has 1 atom stereocenters. The van der Waals surface area contributed by atoms with Gasteiger partial charge in [0, 0.05) is 25.1 Å². The Morgan fingerprint density at radius 1 is 1.40 bits per heavy atom. The molecule has 0 spiro atoms. The first-order valence-corrected chi connectivity index (χ1v) is 7.39. The summed E-state index contributed by atoms with van der Waals surface area (Å²) < 4.78 is 11.6. The highest BCUT2D eigenvalue weighted by atomic mass is 16.5. The van der Waals surface area contributed by atoms with Crippen molar-refractivity contribution in [3.8, 4) is 5.75 Å². The number of carbonyl (C=O) groups excluding carboxylic acids is 1. The topological polar surface area (TPSA) is 38.8 Å². The molecule has 2 aliphatic rings. The summed E-state index contributed by atoms with van der Waals surface area (Å²) in [5.74, 6) is 1.09. The van der Waals surface area contributed by atoms with Crippen LogP contribution in [0.3, 0.4) is 0 Å². The summed E-state index contributed by atoms with van der Waals surface area (Å²) in [7, 11) is 0. The van der Waals surface area contributed by atoms with Gasteiger partial charge in [-0.25, -0.2) is 0 Å². The average Bonchev–Trinajstić information content (AvgIpc) is 2.86. The SMILES string of the molecule is CCN1CCOC(COc2ccc3c(c2)CCC3=O)C1. The molecular formula is C16H21NO3. The van der Waals surface area contributed by atoms with Gasteiger partial charge < -0.3 is 9.47 Å². The number of Topliss-reactive ketones (excluding diaryl/α,β-unsaturated/α-hetero) is 1. The first-order valence-electron chi connectivity index (χ1n) is 7.39. The summed E-state index contributed by atoms with van der Waals surface area (Å²) in [5, 5.41) is 0. The summed E-state index contributed by atoms with van der Waals surface area (Å²) >= 11 is 0. The number of hydrogen-bond acceptors (Lipinski definition) is 4. The number of ether oxygens (including phenoxy) is 2. The Balaban J connectivity index is 1.57. The lowest BCUT2D eigenvalue weighted by atomic mass is 10.1. The van der Waals surface area contributed by atoms with Gasteiger partial charge in [-0.3, -0.25) is 9.69 Å². The zero-order valence-electron chi connectivity index (χ0n) is 11.9. The van der Waals surface area contributed by atoms with Gasteiger partial charge in [0.25, 0.3) is 0 Å². The molecule has 0 radical (unpaired) electrons. The number of ketones is 1. The molecule has 1 heterocycles. The van der Waals surface area contributed by atoms with Gasteiger partial charge >= 0.3 is 0 Å². The van der Waals surface area contributed by atoms with Crippen molar-refractivity contribution >= 4 is 5.78 Å². The van der Waals surface area contributed by atoms with Crippen molar-refractivity contribution in [3.05, 3.63) is 29.3 Å². The van der Waals surface area contributed by atoms with Gasteiger partial charge in [0.05, 0.1) is 6.61 Å². The molecule has 0 amide bonds. The third-order valence-corrected chi connectivity index (χ3v) is 4.10. The lowest BCUT2D eigenvalue weighted by Crippen LogP contribution is -2.44. The maximum absolute atomic E-state index is 11.6. The molecule has 0 saturated carbocycles. The highest BCUT2D eigenvalue weighted by Gasteiger charge is 2.21. The largest absolute Gasteiger partial charge is 0.491 e. The number of nitrogens with zero attached hydrogens (tertiary/aromatic N) is 1. The third-order valence-electron chi connectivity index (χ3n) is 4.10. The van der Waals surface area contributed by atoms with Crippen LogP contribution in [0.4, 0.5) is 0 Å². The summed E-state index contributed by atoms with van der Waals surface area (Å²) in [6, 6.07) is 5.78. The Kier molecular flexibility index (Phi) is 4.03. The van der Waals surface area contributed by atoms with Gasteiger partial charge in [0.1, 0.15) is 18.5 Å². The number of rotatable bonds is 4. The van der Waals surface area contributed by atoms with Crippen molar-refractivity contribution in [2.45, 2.75) is 25.9 Å². The van der Waals surface area contributed by atoms with E-state index >= 15 is 0 Å². The molecule has 1 aliphatic carbocycles. The molecule has 1 fully saturated rings. The highest BCUT2D eigenvalue weighted by Crippen LogP contribution is 2.26. The summed E-state index contributed by atoms with van der Waals surface area (Å²) in [6.45, 7) is 6.51. The molecule has 0 bridgehead atoms. The molecule has 0 aromatic heterocycles. The zero-order chi connectivity index (χ0) is 13.9. The van der Waals surface area contributed by atoms with Crippen LogP contribution >= 0.6 is 0 Å². The highest BCUT2D eigenvalue weighted by molar-refractivity contribution is 6.00. The summed E-state index contributed by atoms with van der Waals surface area (Å²) in [6.07, 6.45) is 1.61. The van der Waals surface area contributed by atoms with Crippen LogP contribution in [0.25, 0.3) is 0 Å². The van der Waals surface area contributed by atoms with Crippen molar-refractivity contribution in [2.75, 3.05) is 32.8 Å². The molecule has 1 aromatic rings. The molecule has 20 heavy (non-hydrogen) atoms. The Morgan fingerprint density at radius 2 is 2.30 bits per heavy atom. The van der Waals surface area contributed by atoms with E-state index in [-0.39, 0.29) is 11.9 Å². The minimum absolute atomic E-state index is 0.138.